The predicted molar refractivity (Wildman–Crippen MR) is 101 cm³/mol. The van der Waals surface area contributed by atoms with Gasteiger partial charge in [0.1, 0.15) is 6.54 Å². The van der Waals surface area contributed by atoms with Gasteiger partial charge in [0, 0.05) is 17.0 Å². The first kappa shape index (κ1) is 18.6. The van der Waals surface area contributed by atoms with Gasteiger partial charge in [0.05, 0.1) is 0 Å². The standard InChI is InChI=1S/C21H29N3O2/c1-15-9-8-10-16(13-15)19-22-18(26-23-19)14-24(20(25)21(2,3)4)17-11-6-5-7-12-17/h8-10,13,17H,5-7,11-12,14H2,1-4H3. The fraction of sp³-hybridized carbons (Fsp3) is 0.571. The minimum atomic E-state index is -0.420. The van der Waals surface area contributed by atoms with E-state index in [4.69, 9.17) is 4.52 Å². The van der Waals surface area contributed by atoms with Gasteiger partial charge < -0.3 is 9.42 Å². The minimum absolute atomic E-state index is 0.153. The molecule has 1 aromatic carbocycles. The van der Waals surface area contributed by atoms with Crippen LogP contribution in [0.3, 0.4) is 0 Å². The summed E-state index contributed by atoms with van der Waals surface area (Å²) >= 11 is 0. The van der Waals surface area contributed by atoms with Crippen molar-refractivity contribution in [1.82, 2.24) is 15.0 Å². The Balaban J connectivity index is 1.81. The summed E-state index contributed by atoms with van der Waals surface area (Å²) < 4.78 is 5.49. The van der Waals surface area contributed by atoms with Crippen LogP contribution in [0, 0.1) is 12.3 Å². The molecule has 3 rings (SSSR count). The Morgan fingerprint density at radius 3 is 2.62 bits per heavy atom. The molecule has 26 heavy (non-hydrogen) atoms. The smallest absolute Gasteiger partial charge is 0.246 e. The molecule has 1 aliphatic rings. The number of amides is 1. The van der Waals surface area contributed by atoms with E-state index >= 15 is 0 Å². The number of hydrogen-bond donors (Lipinski definition) is 0. The van der Waals surface area contributed by atoms with Crippen LogP contribution >= 0.6 is 0 Å². The zero-order chi connectivity index (χ0) is 18.7. The number of rotatable bonds is 4. The summed E-state index contributed by atoms with van der Waals surface area (Å²) in [4.78, 5) is 19.5. The second kappa shape index (κ2) is 7.60. The largest absolute Gasteiger partial charge is 0.337 e. The van der Waals surface area contributed by atoms with Crippen LogP contribution < -0.4 is 0 Å². The molecule has 2 aromatic rings. The van der Waals surface area contributed by atoms with Gasteiger partial charge in [-0.3, -0.25) is 4.79 Å². The number of nitrogens with zero attached hydrogens (tertiary/aromatic N) is 3. The van der Waals surface area contributed by atoms with E-state index in [-0.39, 0.29) is 11.9 Å². The van der Waals surface area contributed by atoms with Crippen LogP contribution in [-0.4, -0.2) is 27.0 Å². The van der Waals surface area contributed by atoms with E-state index in [0.717, 1.165) is 24.0 Å². The average Bonchev–Trinajstić information content (AvgIpc) is 3.08. The lowest BCUT2D eigenvalue weighted by atomic mass is 9.89. The maximum atomic E-state index is 13.0. The lowest BCUT2D eigenvalue weighted by Crippen LogP contribution is -2.46. The number of aryl methyl sites for hydroxylation is 1. The molecular weight excluding hydrogens is 326 g/mol. The van der Waals surface area contributed by atoms with Gasteiger partial charge in [0.25, 0.3) is 0 Å². The molecular formula is C21H29N3O2. The van der Waals surface area contributed by atoms with Gasteiger partial charge in [-0.1, -0.05) is 69.0 Å². The maximum Gasteiger partial charge on any atom is 0.246 e. The lowest BCUT2D eigenvalue weighted by molar-refractivity contribution is -0.143. The molecule has 0 atom stereocenters. The topological polar surface area (TPSA) is 59.2 Å². The van der Waals surface area contributed by atoms with Crippen LogP contribution in [0.5, 0.6) is 0 Å². The van der Waals surface area contributed by atoms with Gasteiger partial charge in [-0.2, -0.15) is 4.98 Å². The van der Waals surface area contributed by atoms with Crippen molar-refractivity contribution in [2.75, 3.05) is 0 Å². The summed E-state index contributed by atoms with van der Waals surface area (Å²) in [6.07, 6.45) is 5.72. The Morgan fingerprint density at radius 2 is 1.96 bits per heavy atom. The van der Waals surface area contributed by atoms with Crippen LogP contribution in [0.4, 0.5) is 0 Å². The third-order valence-corrected chi connectivity index (χ3v) is 4.97. The molecule has 0 aliphatic heterocycles. The number of carbonyl (C=O) groups is 1. The van der Waals surface area contributed by atoms with Crippen molar-refractivity contribution >= 4 is 5.91 Å². The monoisotopic (exact) mass is 355 g/mol. The maximum absolute atomic E-state index is 13.0. The highest BCUT2D eigenvalue weighted by Crippen LogP contribution is 2.29. The van der Waals surface area contributed by atoms with E-state index in [2.05, 4.69) is 10.1 Å². The third-order valence-electron chi connectivity index (χ3n) is 4.97. The molecule has 1 fully saturated rings. The van der Waals surface area contributed by atoms with E-state index in [1.807, 2.05) is 56.9 Å². The highest BCUT2D eigenvalue weighted by Gasteiger charge is 2.33. The van der Waals surface area contributed by atoms with Crippen molar-refractivity contribution in [3.63, 3.8) is 0 Å². The Kier molecular flexibility index (Phi) is 5.44. The number of hydrogen-bond acceptors (Lipinski definition) is 4. The lowest BCUT2D eigenvalue weighted by Gasteiger charge is -2.37. The van der Waals surface area contributed by atoms with E-state index in [1.165, 1.54) is 19.3 Å². The van der Waals surface area contributed by atoms with Crippen molar-refractivity contribution < 1.29 is 9.32 Å². The summed E-state index contributed by atoms with van der Waals surface area (Å²) in [7, 11) is 0. The van der Waals surface area contributed by atoms with E-state index in [1.54, 1.807) is 0 Å². The summed E-state index contributed by atoms with van der Waals surface area (Å²) in [5.41, 5.74) is 1.67. The summed E-state index contributed by atoms with van der Waals surface area (Å²) in [6, 6.07) is 8.30. The molecule has 5 nitrogen and oxygen atoms in total. The molecule has 0 saturated heterocycles. The highest BCUT2D eigenvalue weighted by atomic mass is 16.5. The van der Waals surface area contributed by atoms with Gasteiger partial charge in [-0.25, -0.2) is 0 Å². The van der Waals surface area contributed by atoms with Crippen molar-refractivity contribution in [2.24, 2.45) is 5.41 Å². The fourth-order valence-electron chi connectivity index (χ4n) is 3.56. The zero-order valence-electron chi connectivity index (χ0n) is 16.3. The van der Waals surface area contributed by atoms with Crippen LogP contribution in [0.25, 0.3) is 11.4 Å². The Hall–Kier alpha value is -2.17. The van der Waals surface area contributed by atoms with Crippen molar-refractivity contribution in [1.29, 1.82) is 0 Å². The van der Waals surface area contributed by atoms with Gasteiger partial charge >= 0.3 is 0 Å². The van der Waals surface area contributed by atoms with Crippen LogP contribution in [0.15, 0.2) is 28.8 Å². The van der Waals surface area contributed by atoms with Crippen LogP contribution in [-0.2, 0) is 11.3 Å². The Labute approximate surface area is 155 Å². The Morgan fingerprint density at radius 1 is 1.23 bits per heavy atom. The quantitative estimate of drug-likeness (QED) is 0.794. The molecule has 0 unspecified atom stereocenters. The molecule has 5 heteroatoms. The number of aromatic nitrogens is 2. The first-order valence-electron chi connectivity index (χ1n) is 9.55. The van der Waals surface area contributed by atoms with Crippen molar-refractivity contribution in [2.45, 2.75) is 72.4 Å². The molecule has 140 valence electrons. The molecule has 1 amide bonds. The summed E-state index contributed by atoms with van der Waals surface area (Å²) in [5.74, 6) is 1.24. The van der Waals surface area contributed by atoms with Crippen LogP contribution in [0.2, 0.25) is 0 Å². The van der Waals surface area contributed by atoms with Crippen molar-refractivity contribution in [3.8, 4) is 11.4 Å². The van der Waals surface area contributed by atoms with Gasteiger partial charge in [-0.15, -0.1) is 0 Å². The normalized spacial score (nSPS) is 15.8. The predicted octanol–water partition coefficient (Wildman–Crippen LogP) is 4.75. The Bertz CT molecular complexity index is 755. The van der Waals surface area contributed by atoms with Crippen LogP contribution in [0.1, 0.15) is 64.3 Å². The minimum Gasteiger partial charge on any atom is -0.337 e. The molecule has 1 aliphatic carbocycles. The second-order valence-electron chi connectivity index (χ2n) is 8.36. The van der Waals surface area contributed by atoms with Gasteiger partial charge in [-0.05, 0) is 25.8 Å². The molecule has 1 aromatic heterocycles. The fourth-order valence-corrected chi connectivity index (χ4v) is 3.56. The third kappa shape index (κ3) is 4.32. The van der Waals surface area contributed by atoms with Crippen molar-refractivity contribution in [3.05, 3.63) is 35.7 Å². The first-order chi connectivity index (χ1) is 12.3. The summed E-state index contributed by atoms with van der Waals surface area (Å²) in [5, 5.41) is 4.12. The molecule has 1 saturated carbocycles. The molecule has 0 spiro atoms. The first-order valence-corrected chi connectivity index (χ1v) is 9.55. The molecule has 0 N–H and O–H groups in total. The molecule has 0 radical (unpaired) electrons. The zero-order valence-corrected chi connectivity index (χ0v) is 16.3. The second-order valence-corrected chi connectivity index (χ2v) is 8.36. The molecule has 1 heterocycles. The van der Waals surface area contributed by atoms with Gasteiger partial charge in [0.2, 0.25) is 17.6 Å². The van der Waals surface area contributed by atoms with E-state index in [9.17, 15) is 4.79 Å². The number of benzene rings is 1. The number of carbonyl (C=O) groups excluding carboxylic acids is 1. The van der Waals surface area contributed by atoms with E-state index in [0.29, 0.717) is 18.3 Å². The average molecular weight is 355 g/mol. The molecule has 0 bridgehead atoms. The summed E-state index contributed by atoms with van der Waals surface area (Å²) in [6.45, 7) is 8.34. The van der Waals surface area contributed by atoms with Gasteiger partial charge in [0.15, 0.2) is 0 Å². The van der Waals surface area contributed by atoms with E-state index < -0.39 is 5.41 Å². The SMILES string of the molecule is Cc1cccc(-c2noc(CN(C(=O)C(C)(C)C)C3CCCCC3)n2)c1. The highest BCUT2D eigenvalue weighted by molar-refractivity contribution is 5.81.